The Labute approximate surface area is 147 Å². The number of aryl methyl sites for hydroxylation is 1. The maximum atomic E-state index is 5.93. The number of hydrogen-bond acceptors (Lipinski definition) is 2. The lowest BCUT2D eigenvalue weighted by Gasteiger charge is -2.11. The maximum absolute atomic E-state index is 5.93. The van der Waals surface area contributed by atoms with Crippen LogP contribution in [0.15, 0.2) is 66.7 Å². The molecule has 3 nitrogen and oxygen atoms in total. The lowest BCUT2D eigenvalue weighted by Crippen LogP contribution is -2.10. The first kappa shape index (κ1) is 15.7. The third kappa shape index (κ3) is 2.77. The van der Waals surface area contributed by atoms with E-state index in [-0.39, 0.29) is 0 Å². The number of fused-ring (bicyclic) bond motifs is 3. The molecule has 0 bridgehead atoms. The molecule has 0 amide bonds. The summed E-state index contributed by atoms with van der Waals surface area (Å²) in [5.74, 6) is 0.905. The van der Waals surface area contributed by atoms with Crippen LogP contribution in [0.5, 0.6) is 5.75 Å². The highest BCUT2D eigenvalue weighted by molar-refractivity contribution is 6.11. The lowest BCUT2D eigenvalue weighted by molar-refractivity contribution is 0.332. The fourth-order valence-electron chi connectivity index (χ4n) is 3.48. The Kier molecular flexibility index (Phi) is 4.16. The summed E-state index contributed by atoms with van der Waals surface area (Å²) in [7, 11) is 0. The summed E-state index contributed by atoms with van der Waals surface area (Å²) in [4.78, 5) is 0. The van der Waals surface area contributed by atoms with Crippen molar-refractivity contribution in [3.8, 4) is 5.75 Å². The van der Waals surface area contributed by atoms with Gasteiger partial charge < -0.3 is 15.0 Å². The van der Waals surface area contributed by atoms with Crippen LogP contribution in [-0.2, 0) is 6.54 Å². The van der Waals surface area contributed by atoms with E-state index in [2.05, 4.69) is 72.2 Å². The summed E-state index contributed by atoms with van der Waals surface area (Å²) in [6.07, 6.45) is 0. The van der Waals surface area contributed by atoms with Gasteiger partial charge in [-0.1, -0.05) is 48.5 Å². The second-order valence-corrected chi connectivity index (χ2v) is 6.32. The van der Waals surface area contributed by atoms with Gasteiger partial charge in [0.25, 0.3) is 0 Å². The van der Waals surface area contributed by atoms with Gasteiger partial charge in [-0.3, -0.25) is 0 Å². The molecule has 2 N–H and O–H groups in total. The fourth-order valence-corrected chi connectivity index (χ4v) is 3.48. The molecular formula is C22H22N2O. The molecule has 0 saturated heterocycles. The van der Waals surface area contributed by atoms with E-state index < -0.39 is 0 Å². The van der Waals surface area contributed by atoms with Crippen LogP contribution in [0.1, 0.15) is 11.1 Å². The third-order valence-electron chi connectivity index (χ3n) is 4.72. The van der Waals surface area contributed by atoms with E-state index in [1.165, 1.54) is 32.9 Å². The monoisotopic (exact) mass is 330 g/mol. The normalized spacial score (nSPS) is 11.3. The predicted molar refractivity (Wildman–Crippen MR) is 104 cm³/mol. The van der Waals surface area contributed by atoms with Gasteiger partial charge in [-0.25, -0.2) is 0 Å². The van der Waals surface area contributed by atoms with Crippen molar-refractivity contribution in [2.75, 3.05) is 13.2 Å². The molecular weight excluding hydrogens is 308 g/mol. The smallest absolute Gasteiger partial charge is 0.129 e. The topological polar surface area (TPSA) is 40.2 Å². The Morgan fingerprint density at radius 2 is 1.64 bits per heavy atom. The van der Waals surface area contributed by atoms with E-state index in [1.54, 1.807) is 0 Å². The van der Waals surface area contributed by atoms with Crippen LogP contribution >= 0.6 is 0 Å². The van der Waals surface area contributed by atoms with Crippen molar-refractivity contribution < 1.29 is 4.74 Å². The second kappa shape index (κ2) is 6.61. The molecule has 1 heterocycles. The van der Waals surface area contributed by atoms with E-state index in [1.807, 2.05) is 6.07 Å². The van der Waals surface area contributed by atoms with Gasteiger partial charge in [0.2, 0.25) is 0 Å². The molecule has 1 aromatic heterocycles. The molecule has 0 unspecified atom stereocenters. The van der Waals surface area contributed by atoms with Gasteiger partial charge in [-0.05, 0) is 36.2 Å². The first-order chi connectivity index (χ1) is 12.3. The number of para-hydroxylation sites is 1. The first-order valence-corrected chi connectivity index (χ1v) is 8.67. The highest BCUT2D eigenvalue weighted by Gasteiger charge is 2.14. The average Bonchev–Trinajstić information content (AvgIpc) is 2.96. The molecule has 3 aromatic carbocycles. The summed E-state index contributed by atoms with van der Waals surface area (Å²) >= 11 is 0. The number of aromatic nitrogens is 1. The van der Waals surface area contributed by atoms with Gasteiger partial charge >= 0.3 is 0 Å². The van der Waals surface area contributed by atoms with Crippen molar-refractivity contribution in [1.82, 2.24) is 4.57 Å². The van der Waals surface area contributed by atoms with Crippen LogP contribution < -0.4 is 10.5 Å². The van der Waals surface area contributed by atoms with Gasteiger partial charge in [-0.15, -0.1) is 0 Å². The molecule has 0 radical (unpaired) electrons. The van der Waals surface area contributed by atoms with Crippen molar-refractivity contribution in [3.05, 3.63) is 77.9 Å². The number of ether oxygens (including phenoxy) is 1. The van der Waals surface area contributed by atoms with E-state index in [9.17, 15) is 0 Å². The number of benzene rings is 3. The molecule has 126 valence electrons. The van der Waals surface area contributed by atoms with Gasteiger partial charge in [0, 0.05) is 29.4 Å². The molecule has 0 atom stereocenters. The van der Waals surface area contributed by atoms with Crippen molar-refractivity contribution in [2.45, 2.75) is 13.5 Å². The lowest BCUT2D eigenvalue weighted by atomic mass is 10.1. The van der Waals surface area contributed by atoms with Gasteiger partial charge in [0.15, 0.2) is 0 Å². The quantitative estimate of drug-likeness (QED) is 0.586. The molecule has 25 heavy (non-hydrogen) atoms. The van der Waals surface area contributed by atoms with Gasteiger partial charge in [0.1, 0.15) is 12.4 Å². The Bertz CT molecular complexity index is 1030. The minimum Gasteiger partial charge on any atom is -0.492 e. The molecule has 0 fully saturated rings. The van der Waals surface area contributed by atoms with Crippen LogP contribution in [0, 0.1) is 6.92 Å². The Morgan fingerprint density at radius 3 is 2.48 bits per heavy atom. The van der Waals surface area contributed by atoms with Crippen molar-refractivity contribution >= 4 is 21.8 Å². The largest absolute Gasteiger partial charge is 0.492 e. The SMILES string of the molecule is Cc1ccccc1Cn1c2ccccc2c2c(OCCN)cccc21. The zero-order valence-corrected chi connectivity index (χ0v) is 14.4. The molecule has 0 spiro atoms. The summed E-state index contributed by atoms with van der Waals surface area (Å²) in [6.45, 7) is 4.05. The highest BCUT2D eigenvalue weighted by Crippen LogP contribution is 2.36. The average molecular weight is 330 g/mol. The first-order valence-electron chi connectivity index (χ1n) is 8.67. The highest BCUT2D eigenvalue weighted by atomic mass is 16.5. The van der Waals surface area contributed by atoms with Crippen molar-refractivity contribution in [2.24, 2.45) is 5.73 Å². The minimum absolute atomic E-state index is 0.512. The molecule has 0 aliphatic carbocycles. The summed E-state index contributed by atoms with van der Waals surface area (Å²) in [5, 5.41) is 2.39. The number of nitrogens with zero attached hydrogens (tertiary/aromatic N) is 1. The molecule has 0 saturated carbocycles. The van der Waals surface area contributed by atoms with E-state index in [0.717, 1.165) is 12.3 Å². The van der Waals surface area contributed by atoms with Gasteiger partial charge in [0.05, 0.1) is 5.52 Å². The van der Waals surface area contributed by atoms with Crippen LogP contribution in [0.3, 0.4) is 0 Å². The van der Waals surface area contributed by atoms with Crippen LogP contribution in [0.4, 0.5) is 0 Å². The van der Waals surface area contributed by atoms with Crippen molar-refractivity contribution in [1.29, 1.82) is 0 Å². The molecule has 3 heteroatoms. The molecule has 0 aliphatic heterocycles. The summed E-state index contributed by atoms with van der Waals surface area (Å²) < 4.78 is 8.30. The van der Waals surface area contributed by atoms with Crippen LogP contribution in [0.2, 0.25) is 0 Å². The Balaban J connectivity index is 1.95. The number of nitrogens with two attached hydrogens (primary N) is 1. The molecule has 4 rings (SSSR count). The van der Waals surface area contributed by atoms with E-state index >= 15 is 0 Å². The van der Waals surface area contributed by atoms with Crippen molar-refractivity contribution in [3.63, 3.8) is 0 Å². The molecule has 0 aliphatic rings. The van der Waals surface area contributed by atoms with E-state index in [4.69, 9.17) is 10.5 Å². The summed E-state index contributed by atoms with van der Waals surface area (Å²) in [5.41, 5.74) is 10.7. The maximum Gasteiger partial charge on any atom is 0.129 e. The zero-order valence-electron chi connectivity index (χ0n) is 14.4. The second-order valence-electron chi connectivity index (χ2n) is 6.32. The number of hydrogen-bond donors (Lipinski definition) is 1. The summed E-state index contributed by atoms with van der Waals surface area (Å²) in [6, 6.07) is 23.3. The van der Waals surface area contributed by atoms with Crippen LogP contribution in [0.25, 0.3) is 21.8 Å². The standard InChI is InChI=1S/C22H22N2O/c1-16-7-2-3-8-17(16)15-24-19-10-5-4-9-18(19)22-20(24)11-6-12-21(22)25-14-13-23/h2-12H,13-15,23H2,1H3. The van der Waals surface area contributed by atoms with Crippen LogP contribution in [-0.4, -0.2) is 17.7 Å². The zero-order chi connectivity index (χ0) is 17.2. The fraction of sp³-hybridized carbons (Fsp3) is 0.182. The number of rotatable bonds is 5. The molecule has 4 aromatic rings. The predicted octanol–water partition coefficient (Wildman–Crippen LogP) is 4.49. The third-order valence-corrected chi connectivity index (χ3v) is 4.72. The van der Waals surface area contributed by atoms with E-state index in [0.29, 0.717) is 13.2 Å². The van der Waals surface area contributed by atoms with Gasteiger partial charge in [-0.2, -0.15) is 0 Å². The Hall–Kier alpha value is -2.78. The minimum atomic E-state index is 0.512. The Morgan fingerprint density at radius 1 is 0.880 bits per heavy atom.